The molecule has 4 nitrogen and oxygen atoms in total. The maximum absolute atomic E-state index is 10.8. The van der Waals surface area contributed by atoms with Gasteiger partial charge in [-0.25, -0.2) is 4.79 Å². The number of nitrogens with one attached hydrogen (secondary N) is 1. The summed E-state index contributed by atoms with van der Waals surface area (Å²) in [5.74, 6) is 0. The minimum absolute atomic E-state index is 0.202. The van der Waals surface area contributed by atoms with Crippen molar-refractivity contribution >= 4 is 6.09 Å². The molecule has 1 N–H and O–H groups in total. The van der Waals surface area contributed by atoms with Crippen LogP contribution in [0.5, 0.6) is 0 Å². The normalized spacial score (nSPS) is 29.5. The zero-order valence-electron chi connectivity index (χ0n) is 7.50. The van der Waals surface area contributed by atoms with E-state index in [9.17, 15) is 4.79 Å². The molecule has 0 radical (unpaired) electrons. The average Bonchev–Trinajstić information content (AvgIpc) is 2.04. The fraction of sp³-hybridized carbons (Fsp3) is 0.875. The maximum atomic E-state index is 10.8. The van der Waals surface area contributed by atoms with E-state index in [0.29, 0.717) is 0 Å². The summed E-state index contributed by atoms with van der Waals surface area (Å²) in [7, 11) is 1.54. The van der Waals surface area contributed by atoms with Gasteiger partial charge < -0.3 is 14.8 Å². The molecule has 1 aliphatic rings. The fourth-order valence-corrected chi connectivity index (χ4v) is 1.23. The monoisotopic (exact) mass is 173 g/mol. The van der Waals surface area contributed by atoms with Gasteiger partial charge in [0.2, 0.25) is 6.29 Å². The number of alkyl carbamates (subject to hydrolysis) is 1. The van der Waals surface area contributed by atoms with Crippen LogP contribution in [0.2, 0.25) is 0 Å². The Morgan fingerprint density at radius 2 is 2.33 bits per heavy atom. The highest BCUT2D eigenvalue weighted by molar-refractivity contribution is 5.66. The van der Waals surface area contributed by atoms with Crippen LogP contribution in [0.15, 0.2) is 0 Å². The Bertz CT molecular complexity index is 160. The molecule has 2 atom stereocenters. The lowest BCUT2D eigenvalue weighted by atomic mass is 10.1. The lowest BCUT2D eigenvalue weighted by Crippen LogP contribution is -2.33. The minimum Gasteiger partial charge on any atom is -0.420 e. The van der Waals surface area contributed by atoms with Crippen molar-refractivity contribution < 1.29 is 14.3 Å². The highest BCUT2D eigenvalue weighted by Gasteiger charge is 2.21. The summed E-state index contributed by atoms with van der Waals surface area (Å²) in [4.78, 5) is 10.8. The molecule has 12 heavy (non-hydrogen) atoms. The molecule has 70 valence electrons. The second-order valence-corrected chi connectivity index (χ2v) is 2.96. The van der Waals surface area contributed by atoms with E-state index < -0.39 is 6.09 Å². The topological polar surface area (TPSA) is 47.6 Å². The van der Waals surface area contributed by atoms with Crippen LogP contribution in [0.4, 0.5) is 4.79 Å². The van der Waals surface area contributed by atoms with Crippen molar-refractivity contribution in [2.75, 3.05) is 7.05 Å². The molecule has 0 saturated carbocycles. The predicted octanol–water partition coefficient (Wildman–Crippen LogP) is 1.26. The number of rotatable bonds is 1. The highest BCUT2D eigenvalue weighted by Crippen LogP contribution is 2.19. The Kier molecular flexibility index (Phi) is 3.34. The van der Waals surface area contributed by atoms with Crippen molar-refractivity contribution in [1.29, 1.82) is 0 Å². The molecule has 0 aromatic heterocycles. The third-order valence-corrected chi connectivity index (χ3v) is 1.88. The van der Waals surface area contributed by atoms with Crippen LogP contribution in [0.25, 0.3) is 0 Å². The average molecular weight is 173 g/mol. The molecule has 0 aromatic carbocycles. The van der Waals surface area contributed by atoms with E-state index in [1.54, 1.807) is 0 Å². The number of amides is 1. The molecule has 0 spiro atoms. The summed E-state index contributed by atoms with van der Waals surface area (Å²) in [5, 5.41) is 2.39. The summed E-state index contributed by atoms with van der Waals surface area (Å²) in [6.45, 7) is 1.99. The summed E-state index contributed by atoms with van der Waals surface area (Å²) in [5.41, 5.74) is 0. The van der Waals surface area contributed by atoms with Gasteiger partial charge in [-0.3, -0.25) is 0 Å². The van der Waals surface area contributed by atoms with Gasteiger partial charge in [-0.2, -0.15) is 0 Å². The Morgan fingerprint density at radius 3 is 2.92 bits per heavy atom. The van der Waals surface area contributed by atoms with Crippen molar-refractivity contribution in [3.63, 3.8) is 0 Å². The zero-order valence-corrected chi connectivity index (χ0v) is 7.50. The highest BCUT2D eigenvalue weighted by atomic mass is 16.7. The van der Waals surface area contributed by atoms with Gasteiger partial charge in [-0.05, 0) is 19.8 Å². The SMILES string of the molecule is CNC(=O)O[C@H]1CCC[C@@H](C)O1. The van der Waals surface area contributed by atoms with Crippen molar-refractivity contribution in [3.05, 3.63) is 0 Å². The molecule has 1 saturated heterocycles. The quantitative estimate of drug-likeness (QED) is 0.649. The van der Waals surface area contributed by atoms with Gasteiger partial charge in [0.15, 0.2) is 0 Å². The maximum Gasteiger partial charge on any atom is 0.409 e. The molecule has 0 unspecified atom stereocenters. The van der Waals surface area contributed by atoms with Crippen LogP contribution < -0.4 is 5.32 Å². The Labute approximate surface area is 72.2 Å². The van der Waals surface area contributed by atoms with E-state index >= 15 is 0 Å². The third kappa shape index (κ3) is 2.70. The first-order valence-electron chi connectivity index (χ1n) is 4.26. The van der Waals surface area contributed by atoms with E-state index in [0.717, 1.165) is 19.3 Å². The van der Waals surface area contributed by atoms with Crippen LogP contribution in [0, 0.1) is 0 Å². The Hall–Kier alpha value is -0.770. The van der Waals surface area contributed by atoms with E-state index in [1.165, 1.54) is 7.05 Å². The smallest absolute Gasteiger partial charge is 0.409 e. The molecular formula is C8H15NO3. The van der Waals surface area contributed by atoms with Crippen LogP contribution >= 0.6 is 0 Å². The Morgan fingerprint density at radius 1 is 1.58 bits per heavy atom. The predicted molar refractivity (Wildman–Crippen MR) is 43.7 cm³/mol. The number of carbonyl (C=O) groups is 1. The third-order valence-electron chi connectivity index (χ3n) is 1.88. The summed E-state index contributed by atoms with van der Waals surface area (Å²) in [6.07, 6.45) is 2.34. The summed E-state index contributed by atoms with van der Waals surface area (Å²) in [6, 6.07) is 0. The first kappa shape index (κ1) is 9.32. The zero-order chi connectivity index (χ0) is 8.97. The van der Waals surface area contributed by atoms with Crippen LogP contribution in [0.1, 0.15) is 26.2 Å². The second-order valence-electron chi connectivity index (χ2n) is 2.96. The first-order chi connectivity index (χ1) is 5.72. The number of hydrogen-bond donors (Lipinski definition) is 1. The van der Waals surface area contributed by atoms with Gasteiger partial charge in [0, 0.05) is 13.5 Å². The number of hydrogen-bond acceptors (Lipinski definition) is 3. The number of ether oxygens (including phenoxy) is 2. The minimum atomic E-state index is -0.422. The summed E-state index contributed by atoms with van der Waals surface area (Å²) < 4.78 is 10.3. The Balaban J connectivity index is 2.27. The molecular weight excluding hydrogens is 158 g/mol. The molecule has 1 fully saturated rings. The van der Waals surface area contributed by atoms with Gasteiger partial charge >= 0.3 is 6.09 Å². The molecule has 0 aliphatic carbocycles. The van der Waals surface area contributed by atoms with Gasteiger partial charge in [0.25, 0.3) is 0 Å². The first-order valence-corrected chi connectivity index (χ1v) is 4.26. The molecule has 1 rings (SSSR count). The van der Waals surface area contributed by atoms with Crippen molar-refractivity contribution in [2.45, 2.75) is 38.6 Å². The second kappa shape index (κ2) is 4.30. The summed E-state index contributed by atoms with van der Waals surface area (Å²) >= 11 is 0. The van der Waals surface area contributed by atoms with Crippen molar-refractivity contribution in [2.24, 2.45) is 0 Å². The van der Waals surface area contributed by atoms with Gasteiger partial charge in [0.05, 0.1) is 6.10 Å². The van der Waals surface area contributed by atoms with Crippen LogP contribution in [0.3, 0.4) is 0 Å². The van der Waals surface area contributed by atoms with E-state index in [4.69, 9.17) is 9.47 Å². The van der Waals surface area contributed by atoms with Crippen molar-refractivity contribution in [3.8, 4) is 0 Å². The fourth-order valence-electron chi connectivity index (χ4n) is 1.23. The largest absolute Gasteiger partial charge is 0.420 e. The van der Waals surface area contributed by atoms with Gasteiger partial charge in [-0.1, -0.05) is 0 Å². The van der Waals surface area contributed by atoms with E-state index in [-0.39, 0.29) is 12.4 Å². The van der Waals surface area contributed by atoms with Crippen LogP contribution in [-0.2, 0) is 9.47 Å². The molecule has 0 bridgehead atoms. The van der Waals surface area contributed by atoms with E-state index in [1.807, 2.05) is 6.92 Å². The molecule has 1 amide bonds. The van der Waals surface area contributed by atoms with Crippen LogP contribution in [-0.4, -0.2) is 25.5 Å². The van der Waals surface area contributed by atoms with Crippen molar-refractivity contribution in [1.82, 2.24) is 5.32 Å². The number of carbonyl (C=O) groups excluding carboxylic acids is 1. The molecule has 4 heteroatoms. The van der Waals surface area contributed by atoms with Gasteiger partial charge in [0.1, 0.15) is 0 Å². The molecule has 0 aromatic rings. The lowest BCUT2D eigenvalue weighted by Gasteiger charge is -2.26. The molecule has 1 heterocycles. The lowest BCUT2D eigenvalue weighted by molar-refractivity contribution is -0.157. The van der Waals surface area contributed by atoms with E-state index in [2.05, 4.69) is 5.32 Å². The van der Waals surface area contributed by atoms with Gasteiger partial charge in [-0.15, -0.1) is 0 Å². The standard InChI is InChI=1S/C8H15NO3/c1-6-4-3-5-7(11-6)12-8(10)9-2/h6-7H,3-5H2,1-2H3,(H,9,10)/t6-,7+/m1/s1. The molecule has 1 aliphatic heterocycles.